The molecule has 0 aliphatic heterocycles. The number of benzene rings is 1. The van der Waals surface area contributed by atoms with Gasteiger partial charge in [0.15, 0.2) is 0 Å². The zero-order valence-electron chi connectivity index (χ0n) is 11.7. The zero-order valence-corrected chi connectivity index (χ0v) is 12.5. The molecule has 0 amide bonds. The van der Waals surface area contributed by atoms with Gasteiger partial charge in [0.1, 0.15) is 5.41 Å². The molecule has 19 heavy (non-hydrogen) atoms. The van der Waals surface area contributed by atoms with Crippen LogP contribution < -0.4 is 5.73 Å². The number of hydrogen-bond acceptors (Lipinski definition) is 4. The summed E-state index contributed by atoms with van der Waals surface area (Å²) in [6, 6.07) is 9.72. The van der Waals surface area contributed by atoms with Crippen molar-refractivity contribution >= 4 is 17.7 Å². The predicted octanol–water partition coefficient (Wildman–Crippen LogP) is 2.59. The van der Waals surface area contributed by atoms with Gasteiger partial charge in [-0.15, -0.1) is 0 Å². The summed E-state index contributed by atoms with van der Waals surface area (Å²) in [7, 11) is 1.43. The number of methoxy groups -OCH3 is 1. The minimum atomic E-state index is -0.704. The van der Waals surface area contributed by atoms with Crippen LogP contribution in [-0.4, -0.2) is 31.1 Å². The number of rotatable bonds is 8. The predicted molar refractivity (Wildman–Crippen MR) is 81.4 cm³/mol. The Bertz CT molecular complexity index is 383. The third-order valence-electron chi connectivity index (χ3n) is 3.35. The van der Waals surface area contributed by atoms with Crippen molar-refractivity contribution in [1.29, 1.82) is 0 Å². The maximum atomic E-state index is 12.2. The average molecular weight is 281 g/mol. The van der Waals surface area contributed by atoms with E-state index in [0.717, 1.165) is 29.9 Å². The molecule has 2 N–H and O–H groups in total. The van der Waals surface area contributed by atoms with Crippen molar-refractivity contribution in [1.82, 2.24) is 0 Å². The van der Waals surface area contributed by atoms with E-state index in [4.69, 9.17) is 10.5 Å². The summed E-state index contributed by atoms with van der Waals surface area (Å²) in [6.45, 7) is 2.42. The first kappa shape index (κ1) is 16.1. The van der Waals surface area contributed by atoms with E-state index in [0.29, 0.717) is 0 Å². The smallest absolute Gasteiger partial charge is 0.317 e. The van der Waals surface area contributed by atoms with E-state index in [2.05, 4.69) is 6.92 Å². The van der Waals surface area contributed by atoms with Gasteiger partial charge in [-0.3, -0.25) is 4.79 Å². The number of hydrogen-bond donors (Lipinski definition) is 1. The van der Waals surface area contributed by atoms with Crippen LogP contribution >= 0.6 is 11.8 Å². The fourth-order valence-corrected chi connectivity index (χ4v) is 2.88. The first-order valence-electron chi connectivity index (χ1n) is 6.63. The second-order valence-corrected chi connectivity index (χ2v) is 5.84. The van der Waals surface area contributed by atoms with Gasteiger partial charge >= 0.3 is 5.97 Å². The minimum absolute atomic E-state index is 0.234. The summed E-state index contributed by atoms with van der Waals surface area (Å²) in [5.41, 5.74) is 6.17. The van der Waals surface area contributed by atoms with Gasteiger partial charge in [-0.1, -0.05) is 37.3 Å². The highest BCUT2D eigenvalue weighted by Crippen LogP contribution is 2.30. The first-order chi connectivity index (χ1) is 9.21. The maximum Gasteiger partial charge on any atom is 0.317 e. The lowest BCUT2D eigenvalue weighted by atomic mass is 9.77. The summed E-state index contributed by atoms with van der Waals surface area (Å²) in [4.78, 5) is 12.2. The standard InChI is InChI=1S/C15H23NO2S/c1-3-19-11-7-10-15(12-16,14(17)18-2)13-8-5-4-6-9-13/h4-6,8-9H,3,7,10-12,16H2,1-2H3. The van der Waals surface area contributed by atoms with Gasteiger partial charge in [0.25, 0.3) is 0 Å². The Balaban J connectivity index is 2.92. The van der Waals surface area contributed by atoms with E-state index in [1.165, 1.54) is 7.11 Å². The Hall–Kier alpha value is -1.00. The van der Waals surface area contributed by atoms with E-state index >= 15 is 0 Å². The highest BCUT2D eigenvalue weighted by molar-refractivity contribution is 7.99. The molecule has 1 unspecified atom stereocenters. The third-order valence-corrected chi connectivity index (χ3v) is 4.33. The van der Waals surface area contributed by atoms with Crippen LogP contribution in [-0.2, 0) is 14.9 Å². The highest BCUT2D eigenvalue weighted by atomic mass is 32.2. The fourth-order valence-electron chi connectivity index (χ4n) is 2.24. The monoisotopic (exact) mass is 281 g/mol. The van der Waals surface area contributed by atoms with E-state index < -0.39 is 5.41 Å². The first-order valence-corrected chi connectivity index (χ1v) is 7.78. The van der Waals surface area contributed by atoms with Crippen molar-refractivity contribution in [3.63, 3.8) is 0 Å². The number of nitrogens with two attached hydrogens (primary N) is 1. The number of carbonyl (C=O) groups excluding carboxylic acids is 1. The molecule has 0 saturated heterocycles. The summed E-state index contributed by atoms with van der Waals surface area (Å²) in [6.07, 6.45) is 1.69. The molecule has 0 spiro atoms. The lowest BCUT2D eigenvalue weighted by molar-refractivity contribution is -0.147. The second kappa shape index (κ2) is 8.23. The van der Waals surface area contributed by atoms with Crippen LogP contribution in [0.1, 0.15) is 25.3 Å². The Kier molecular flexibility index (Phi) is 6.95. The summed E-state index contributed by atoms with van der Waals surface area (Å²) >= 11 is 1.88. The average Bonchev–Trinajstić information content (AvgIpc) is 2.48. The lowest BCUT2D eigenvalue weighted by Crippen LogP contribution is -2.44. The topological polar surface area (TPSA) is 52.3 Å². The van der Waals surface area contributed by atoms with Gasteiger partial charge in [0, 0.05) is 6.54 Å². The number of thioether (sulfide) groups is 1. The minimum Gasteiger partial charge on any atom is -0.468 e. The molecule has 0 saturated carbocycles. The second-order valence-electron chi connectivity index (χ2n) is 4.44. The zero-order chi connectivity index (χ0) is 14.1. The van der Waals surface area contributed by atoms with Crippen LogP contribution in [0.15, 0.2) is 30.3 Å². The molecule has 0 aliphatic carbocycles. The Morgan fingerprint density at radius 1 is 1.37 bits per heavy atom. The molecule has 0 aromatic heterocycles. The van der Waals surface area contributed by atoms with Crippen molar-refractivity contribution in [3.8, 4) is 0 Å². The van der Waals surface area contributed by atoms with Crippen LogP contribution in [0.3, 0.4) is 0 Å². The Morgan fingerprint density at radius 3 is 2.58 bits per heavy atom. The van der Waals surface area contributed by atoms with Gasteiger partial charge in [-0.05, 0) is 29.9 Å². The molecule has 1 atom stereocenters. The lowest BCUT2D eigenvalue weighted by Gasteiger charge is -2.30. The third kappa shape index (κ3) is 3.98. The van der Waals surface area contributed by atoms with Crippen LogP contribution in [0, 0.1) is 0 Å². The van der Waals surface area contributed by atoms with Crippen molar-refractivity contribution in [2.45, 2.75) is 25.2 Å². The molecule has 0 heterocycles. The van der Waals surface area contributed by atoms with E-state index in [-0.39, 0.29) is 12.5 Å². The van der Waals surface area contributed by atoms with E-state index in [1.807, 2.05) is 42.1 Å². The molecular formula is C15H23NO2S. The quantitative estimate of drug-likeness (QED) is 0.588. The van der Waals surface area contributed by atoms with Crippen LogP contribution in [0.4, 0.5) is 0 Å². The van der Waals surface area contributed by atoms with E-state index in [9.17, 15) is 4.79 Å². The summed E-state index contributed by atoms with van der Waals surface area (Å²) in [5, 5.41) is 0. The molecule has 1 aromatic rings. The molecule has 0 bridgehead atoms. The molecular weight excluding hydrogens is 258 g/mol. The molecule has 0 aliphatic rings. The fraction of sp³-hybridized carbons (Fsp3) is 0.533. The van der Waals surface area contributed by atoms with Gasteiger partial charge in [0.05, 0.1) is 7.11 Å². The SMILES string of the molecule is CCSCCCC(CN)(C(=O)OC)c1ccccc1. The number of esters is 1. The molecule has 0 fully saturated rings. The summed E-state index contributed by atoms with van der Waals surface area (Å²) in [5.74, 6) is 1.91. The summed E-state index contributed by atoms with van der Waals surface area (Å²) < 4.78 is 4.99. The van der Waals surface area contributed by atoms with Crippen LogP contribution in [0.5, 0.6) is 0 Å². The van der Waals surface area contributed by atoms with Crippen molar-refractivity contribution < 1.29 is 9.53 Å². The van der Waals surface area contributed by atoms with Gasteiger partial charge in [-0.25, -0.2) is 0 Å². The van der Waals surface area contributed by atoms with Gasteiger partial charge in [0.2, 0.25) is 0 Å². The highest BCUT2D eigenvalue weighted by Gasteiger charge is 2.39. The van der Waals surface area contributed by atoms with Crippen LogP contribution in [0.25, 0.3) is 0 Å². The van der Waals surface area contributed by atoms with Crippen LogP contribution in [0.2, 0.25) is 0 Å². The molecule has 1 aromatic carbocycles. The normalized spacial score (nSPS) is 13.8. The van der Waals surface area contributed by atoms with Gasteiger partial charge < -0.3 is 10.5 Å². The van der Waals surface area contributed by atoms with Gasteiger partial charge in [-0.2, -0.15) is 11.8 Å². The molecule has 4 heteroatoms. The van der Waals surface area contributed by atoms with Crippen molar-refractivity contribution in [2.75, 3.05) is 25.2 Å². The molecule has 106 valence electrons. The molecule has 3 nitrogen and oxygen atoms in total. The Morgan fingerprint density at radius 2 is 2.05 bits per heavy atom. The molecule has 0 radical (unpaired) electrons. The Labute approximate surface area is 119 Å². The largest absolute Gasteiger partial charge is 0.468 e. The molecule has 1 rings (SSSR count). The maximum absolute atomic E-state index is 12.2. The van der Waals surface area contributed by atoms with Crippen molar-refractivity contribution in [2.24, 2.45) is 5.73 Å². The van der Waals surface area contributed by atoms with E-state index in [1.54, 1.807) is 0 Å². The van der Waals surface area contributed by atoms with Crippen molar-refractivity contribution in [3.05, 3.63) is 35.9 Å². The number of ether oxygens (including phenoxy) is 1. The number of carbonyl (C=O) groups is 1.